The topological polar surface area (TPSA) is 104 Å². The van der Waals surface area contributed by atoms with Gasteiger partial charge in [0, 0.05) is 39.3 Å². The van der Waals surface area contributed by atoms with E-state index in [1.807, 2.05) is 4.90 Å². The van der Waals surface area contributed by atoms with Crippen molar-refractivity contribution in [2.24, 2.45) is 0 Å². The smallest absolute Gasteiger partial charge is 0.264 e. The van der Waals surface area contributed by atoms with E-state index in [1.54, 1.807) is 23.1 Å². The van der Waals surface area contributed by atoms with Crippen molar-refractivity contribution in [2.75, 3.05) is 51.8 Å². The van der Waals surface area contributed by atoms with Crippen LogP contribution in [0.5, 0.6) is 0 Å². The predicted octanol–water partition coefficient (Wildman–Crippen LogP) is 1.06. The molecule has 3 rings (SSSR count). The average Bonchev–Trinajstić information content (AvgIpc) is 3.08. The Balaban J connectivity index is 1.71. The summed E-state index contributed by atoms with van der Waals surface area (Å²) in [6.07, 6.45) is 2.39. The number of hydrogen-bond acceptors (Lipinski definition) is 7. The van der Waals surface area contributed by atoms with Crippen molar-refractivity contribution in [1.29, 1.82) is 0 Å². The Kier molecular flexibility index (Phi) is 8.12. The number of carbonyl (C=O) groups excluding carboxylic acids is 1. The summed E-state index contributed by atoms with van der Waals surface area (Å²) >= 11 is 12.0. The molecule has 0 radical (unpaired) electrons. The molecule has 2 fully saturated rings. The maximum Gasteiger partial charge on any atom is 0.264 e. The minimum absolute atomic E-state index is 0.117. The molecular weight excluding hydrogens is 501 g/mol. The number of likely N-dealkylation sites (tertiary alicyclic amines) is 1. The fourth-order valence-electron chi connectivity index (χ4n) is 4.13. The van der Waals surface area contributed by atoms with Crippen LogP contribution in [0, 0.1) is 0 Å². The highest BCUT2D eigenvalue weighted by atomic mass is 35.5. The van der Waals surface area contributed by atoms with Gasteiger partial charge in [0.15, 0.2) is 0 Å². The van der Waals surface area contributed by atoms with Crippen molar-refractivity contribution in [3.63, 3.8) is 0 Å². The molecule has 2 heterocycles. The van der Waals surface area contributed by atoms with Crippen LogP contribution in [0.4, 0.5) is 0 Å². The molecule has 1 aromatic carbocycles. The van der Waals surface area contributed by atoms with Gasteiger partial charge in [0.1, 0.15) is 0 Å². The van der Waals surface area contributed by atoms with E-state index in [0.717, 1.165) is 18.1 Å². The molecule has 32 heavy (non-hydrogen) atoms. The van der Waals surface area contributed by atoms with Gasteiger partial charge in [0.2, 0.25) is 15.9 Å². The van der Waals surface area contributed by atoms with E-state index >= 15 is 0 Å². The summed E-state index contributed by atoms with van der Waals surface area (Å²) in [5, 5.41) is 0.770. The molecule has 2 aliphatic rings. The lowest BCUT2D eigenvalue weighted by atomic mass is 10.1. The van der Waals surface area contributed by atoms with Crippen molar-refractivity contribution in [1.82, 2.24) is 14.1 Å². The first-order chi connectivity index (χ1) is 14.8. The molecular formula is C19H27Cl2N3O6S2. The highest BCUT2D eigenvalue weighted by Crippen LogP contribution is 2.24. The molecule has 2 atom stereocenters. The van der Waals surface area contributed by atoms with Gasteiger partial charge in [-0.3, -0.25) is 13.9 Å². The van der Waals surface area contributed by atoms with Gasteiger partial charge in [-0.05, 0) is 24.1 Å². The van der Waals surface area contributed by atoms with Crippen LogP contribution in [0.15, 0.2) is 18.2 Å². The van der Waals surface area contributed by atoms with E-state index in [9.17, 15) is 21.6 Å². The molecule has 9 nitrogen and oxygen atoms in total. The third-order valence-corrected chi connectivity index (χ3v) is 8.21. The minimum Gasteiger partial charge on any atom is -0.335 e. The normalized spacial score (nSPS) is 23.6. The quantitative estimate of drug-likeness (QED) is 0.488. The molecule has 0 bridgehead atoms. The number of carbonyl (C=O) groups is 1. The Bertz CT molecular complexity index is 1070. The van der Waals surface area contributed by atoms with Gasteiger partial charge in [-0.15, -0.1) is 0 Å². The second-order valence-corrected chi connectivity index (χ2v) is 12.7. The van der Waals surface area contributed by atoms with Crippen LogP contribution in [0.3, 0.4) is 0 Å². The lowest BCUT2D eigenvalue weighted by Crippen LogP contribution is -2.59. The Morgan fingerprint density at radius 1 is 1.06 bits per heavy atom. The first-order valence-corrected chi connectivity index (χ1v) is 14.5. The molecule has 1 amide bonds. The van der Waals surface area contributed by atoms with Crippen LogP contribution >= 0.6 is 23.2 Å². The number of rotatable bonds is 7. The number of nitrogens with zero attached hydrogens (tertiary/aromatic N) is 3. The molecule has 13 heteroatoms. The van der Waals surface area contributed by atoms with Gasteiger partial charge in [-0.1, -0.05) is 29.3 Å². The van der Waals surface area contributed by atoms with Crippen molar-refractivity contribution in [3.05, 3.63) is 33.8 Å². The van der Waals surface area contributed by atoms with Crippen LogP contribution in [-0.2, 0) is 35.5 Å². The van der Waals surface area contributed by atoms with Gasteiger partial charge < -0.3 is 4.90 Å². The van der Waals surface area contributed by atoms with E-state index < -0.39 is 26.2 Å². The lowest BCUT2D eigenvalue weighted by Gasteiger charge is -2.42. The summed E-state index contributed by atoms with van der Waals surface area (Å²) in [5.41, 5.74) is 0.719. The summed E-state index contributed by atoms with van der Waals surface area (Å²) in [6, 6.07) is 4.65. The zero-order valence-electron chi connectivity index (χ0n) is 17.9. The summed E-state index contributed by atoms with van der Waals surface area (Å²) in [6.45, 7) is 2.10. The molecule has 2 saturated heterocycles. The zero-order valence-corrected chi connectivity index (χ0v) is 21.1. The van der Waals surface area contributed by atoms with Crippen molar-refractivity contribution < 1.29 is 25.8 Å². The monoisotopic (exact) mass is 527 g/mol. The van der Waals surface area contributed by atoms with Crippen LogP contribution in [-0.4, -0.2) is 101 Å². The summed E-state index contributed by atoms with van der Waals surface area (Å²) in [5.74, 6) is -0.135. The molecule has 0 saturated carbocycles. The van der Waals surface area contributed by atoms with Crippen molar-refractivity contribution in [2.45, 2.75) is 25.0 Å². The summed E-state index contributed by atoms with van der Waals surface area (Å²) in [7, 11) is -6.96. The molecule has 2 aliphatic heterocycles. The van der Waals surface area contributed by atoms with Gasteiger partial charge in [0.25, 0.3) is 10.1 Å². The lowest BCUT2D eigenvalue weighted by molar-refractivity contribution is -0.135. The van der Waals surface area contributed by atoms with E-state index in [1.165, 1.54) is 4.31 Å². The van der Waals surface area contributed by atoms with Gasteiger partial charge in [-0.2, -0.15) is 12.7 Å². The van der Waals surface area contributed by atoms with E-state index in [2.05, 4.69) is 0 Å². The van der Waals surface area contributed by atoms with Crippen molar-refractivity contribution >= 4 is 49.3 Å². The SMILES string of the molecule is CS(=O)(=O)OC1CCN(CC2CN(S(C)(=O)=O)CCN2C(=O)Cc2ccc(Cl)c(Cl)c2)C1. The Morgan fingerprint density at radius 2 is 1.78 bits per heavy atom. The van der Waals surface area contributed by atoms with E-state index in [-0.39, 0.29) is 38.0 Å². The molecule has 1 aromatic rings. The first kappa shape index (κ1) is 25.7. The molecule has 0 aliphatic carbocycles. The largest absolute Gasteiger partial charge is 0.335 e. The van der Waals surface area contributed by atoms with Crippen LogP contribution < -0.4 is 0 Å². The Labute approximate surface area is 199 Å². The molecule has 0 N–H and O–H groups in total. The third-order valence-electron chi connectivity index (χ3n) is 5.58. The highest BCUT2D eigenvalue weighted by molar-refractivity contribution is 7.88. The highest BCUT2D eigenvalue weighted by Gasteiger charge is 2.36. The Morgan fingerprint density at radius 3 is 2.41 bits per heavy atom. The molecule has 0 aromatic heterocycles. The average molecular weight is 528 g/mol. The Hall–Kier alpha value is -0.950. The number of benzene rings is 1. The summed E-state index contributed by atoms with van der Waals surface area (Å²) in [4.78, 5) is 16.8. The van der Waals surface area contributed by atoms with Gasteiger partial charge in [-0.25, -0.2) is 8.42 Å². The maximum absolute atomic E-state index is 13.1. The number of hydrogen-bond donors (Lipinski definition) is 0. The number of piperazine rings is 1. The zero-order chi connectivity index (χ0) is 23.7. The van der Waals surface area contributed by atoms with Gasteiger partial charge >= 0.3 is 0 Å². The number of amides is 1. The van der Waals surface area contributed by atoms with Crippen LogP contribution in [0.2, 0.25) is 10.0 Å². The summed E-state index contributed by atoms with van der Waals surface area (Å²) < 4.78 is 53.5. The molecule has 0 spiro atoms. The predicted molar refractivity (Wildman–Crippen MR) is 123 cm³/mol. The fourth-order valence-corrected chi connectivity index (χ4v) is 5.95. The van der Waals surface area contributed by atoms with E-state index in [4.69, 9.17) is 27.4 Å². The van der Waals surface area contributed by atoms with E-state index in [0.29, 0.717) is 36.1 Å². The first-order valence-electron chi connectivity index (χ1n) is 10.1. The maximum atomic E-state index is 13.1. The number of sulfonamides is 1. The second kappa shape index (κ2) is 10.1. The van der Waals surface area contributed by atoms with Crippen LogP contribution in [0.1, 0.15) is 12.0 Å². The van der Waals surface area contributed by atoms with Crippen molar-refractivity contribution in [3.8, 4) is 0 Å². The molecule has 2 unspecified atom stereocenters. The standard InChI is InChI=1S/C19H27Cl2N3O6S2/c1-31(26,27)23-7-8-24(19(25)10-14-3-4-17(20)18(21)9-14)15(12-23)11-22-6-5-16(13-22)30-32(2,28)29/h3-4,9,15-16H,5-8,10-13H2,1-2H3. The molecule has 180 valence electrons. The van der Waals surface area contributed by atoms with Crippen LogP contribution in [0.25, 0.3) is 0 Å². The minimum atomic E-state index is -3.56. The second-order valence-electron chi connectivity index (χ2n) is 8.26. The van der Waals surface area contributed by atoms with Gasteiger partial charge in [0.05, 0.1) is 41.1 Å². The third kappa shape index (κ3) is 7.02. The number of halogens is 2. The fraction of sp³-hybridized carbons (Fsp3) is 0.632.